The topological polar surface area (TPSA) is 64.7 Å². The Bertz CT molecular complexity index is 736. The third-order valence-corrected chi connectivity index (χ3v) is 4.54. The Morgan fingerprint density at radius 3 is 2.28 bits per heavy atom. The summed E-state index contributed by atoms with van der Waals surface area (Å²) in [6.07, 6.45) is 1.53. The van der Waals surface area contributed by atoms with E-state index in [9.17, 15) is 4.79 Å². The molecule has 2 aromatic rings. The second kappa shape index (κ2) is 5.42. The summed E-state index contributed by atoms with van der Waals surface area (Å²) >= 11 is 2.58. The van der Waals surface area contributed by atoms with Crippen molar-refractivity contribution in [3.05, 3.63) is 43.6 Å². The number of rotatable bonds is 2. The zero-order chi connectivity index (χ0) is 13.0. The summed E-state index contributed by atoms with van der Waals surface area (Å²) in [6, 6.07) is 12.6. The minimum absolute atomic E-state index is 0.0693. The number of carbonyl (C=O) groups is 1. The lowest BCUT2D eigenvalue weighted by molar-refractivity contribution is 0.106. The predicted octanol–water partition coefficient (Wildman–Crippen LogP) is 1.67. The van der Waals surface area contributed by atoms with E-state index in [1.165, 1.54) is 28.7 Å². The maximum absolute atomic E-state index is 11.8. The fourth-order valence-corrected chi connectivity index (χ4v) is 3.15. The molecule has 3 nitrogen and oxygen atoms in total. The first-order valence-corrected chi connectivity index (χ1v) is 6.59. The number of carbonyl (C=O) groups excluding carboxylic acids is 1. The SMILES string of the molecule is N#CC(C#N)=c1sc(=CC(=O)c2ccccc2)s1. The standard InChI is InChI=1S/C13H6N2OS2/c14-7-10(8-15)13-17-12(18-13)6-11(16)9-4-2-1-3-5-9/h1-6H. The molecule has 0 aliphatic rings. The van der Waals surface area contributed by atoms with E-state index in [4.69, 9.17) is 10.5 Å². The second-order valence-electron chi connectivity index (χ2n) is 3.28. The molecule has 0 aliphatic carbocycles. The lowest BCUT2D eigenvalue weighted by Gasteiger charge is -1.95. The van der Waals surface area contributed by atoms with Gasteiger partial charge in [-0.2, -0.15) is 10.5 Å². The molecule has 0 unspecified atom stereocenters. The predicted molar refractivity (Wildman–Crippen MR) is 71.3 cm³/mol. The molecule has 2 rings (SSSR count). The van der Waals surface area contributed by atoms with Crippen LogP contribution in [0.15, 0.2) is 30.3 Å². The third-order valence-electron chi connectivity index (χ3n) is 2.12. The van der Waals surface area contributed by atoms with Gasteiger partial charge in [0.15, 0.2) is 11.4 Å². The molecular formula is C13H6N2OS2. The quantitative estimate of drug-likeness (QED) is 0.780. The van der Waals surface area contributed by atoms with E-state index in [1.807, 2.05) is 30.3 Å². The van der Waals surface area contributed by atoms with Gasteiger partial charge in [0.25, 0.3) is 0 Å². The van der Waals surface area contributed by atoms with Gasteiger partial charge < -0.3 is 0 Å². The second-order valence-corrected chi connectivity index (χ2v) is 5.91. The van der Waals surface area contributed by atoms with Crippen LogP contribution in [0.5, 0.6) is 0 Å². The van der Waals surface area contributed by atoms with Crippen molar-refractivity contribution in [2.75, 3.05) is 0 Å². The van der Waals surface area contributed by atoms with Crippen molar-refractivity contribution in [3.8, 4) is 12.1 Å². The molecule has 0 spiro atoms. The maximum Gasteiger partial charge on any atom is 0.188 e. The molecule has 0 radical (unpaired) electrons. The zero-order valence-electron chi connectivity index (χ0n) is 9.08. The van der Waals surface area contributed by atoms with E-state index in [2.05, 4.69) is 0 Å². The van der Waals surface area contributed by atoms with Crippen LogP contribution in [0.3, 0.4) is 0 Å². The summed E-state index contributed by atoms with van der Waals surface area (Å²) in [5.74, 6) is -0.0693. The summed E-state index contributed by atoms with van der Waals surface area (Å²) < 4.78 is 1.47. The molecule has 1 aromatic heterocycles. The van der Waals surface area contributed by atoms with E-state index < -0.39 is 0 Å². The van der Waals surface area contributed by atoms with Gasteiger partial charge in [0.2, 0.25) is 0 Å². The van der Waals surface area contributed by atoms with Gasteiger partial charge in [-0.15, -0.1) is 22.7 Å². The Morgan fingerprint density at radius 1 is 1.11 bits per heavy atom. The van der Waals surface area contributed by atoms with E-state index >= 15 is 0 Å². The highest BCUT2D eigenvalue weighted by atomic mass is 32.2. The van der Waals surface area contributed by atoms with Gasteiger partial charge >= 0.3 is 0 Å². The number of benzene rings is 1. The average Bonchev–Trinajstić information content (AvgIpc) is 2.37. The van der Waals surface area contributed by atoms with E-state index in [0.717, 1.165) is 3.85 Å². The largest absolute Gasteiger partial charge is 0.289 e. The molecule has 1 aromatic carbocycles. The molecule has 0 saturated carbocycles. The van der Waals surface area contributed by atoms with Crippen molar-refractivity contribution >= 4 is 40.1 Å². The van der Waals surface area contributed by atoms with Crippen LogP contribution < -0.4 is 7.69 Å². The highest BCUT2D eigenvalue weighted by molar-refractivity contribution is 7.36. The Kier molecular flexibility index (Phi) is 3.69. The zero-order valence-corrected chi connectivity index (χ0v) is 10.7. The molecule has 18 heavy (non-hydrogen) atoms. The van der Waals surface area contributed by atoms with Crippen LogP contribution in [0.1, 0.15) is 10.4 Å². The number of nitriles is 2. The van der Waals surface area contributed by atoms with Gasteiger partial charge in [0.05, 0.1) is 3.85 Å². The first kappa shape index (κ1) is 12.3. The lowest BCUT2D eigenvalue weighted by Crippen LogP contribution is -2.14. The molecule has 0 atom stereocenters. The molecule has 0 fully saturated rings. The first-order chi connectivity index (χ1) is 8.74. The fourth-order valence-electron chi connectivity index (χ4n) is 1.26. The van der Waals surface area contributed by atoms with Crippen molar-refractivity contribution in [2.24, 2.45) is 0 Å². The number of hydrogen-bond donors (Lipinski definition) is 0. The highest BCUT2D eigenvalue weighted by Crippen LogP contribution is 2.02. The number of nitrogens with zero attached hydrogens (tertiary/aromatic N) is 2. The molecule has 1 heterocycles. The summed E-state index contributed by atoms with van der Waals surface area (Å²) in [5, 5.41) is 17.3. The average molecular weight is 270 g/mol. The minimum atomic E-state index is -0.0693. The number of Topliss-reactive ketones (excluding diaryl/α,β-unsaturated/α-hetero) is 1. The van der Waals surface area contributed by atoms with Crippen LogP contribution in [0.25, 0.3) is 11.6 Å². The Labute approximate surface area is 111 Å². The first-order valence-electron chi connectivity index (χ1n) is 4.96. The van der Waals surface area contributed by atoms with E-state index in [-0.39, 0.29) is 11.4 Å². The molecular weight excluding hydrogens is 264 g/mol. The Morgan fingerprint density at radius 2 is 1.72 bits per heavy atom. The van der Waals surface area contributed by atoms with Crippen LogP contribution in [0.2, 0.25) is 0 Å². The monoisotopic (exact) mass is 270 g/mol. The Balaban J connectivity index is 2.31. The van der Waals surface area contributed by atoms with Gasteiger partial charge in [-0.05, 0) is 0 Å². The van der Waals surface area contributed by atoms with Gasteiger partial charge in [-0.25, -0.2) is 0 Å². The third kappa shape index (κ3) is 2.54. The number of hydrogen-bond acceptors (Lipinski definition) is 5. The van der Waals surface area contributed by atoms with Gasteiger partial charge in [-0.1, -0.05) is 30.3 Å². The summed E-state index contributed by atoms with van der Waals surface area (Å²) in [5.41, 5.74) is 0.735. The van der Waals surface area contributed by atoms with Gasteiger partial charge in [-0.3, -0.25) is 4.79 Å². The van der Waals surface area contributed by atoms with Crippen LogP contribution >= 0.6 is 22.7 Å². The van der Waals surface area contributed by atoms with Gasteiger partial charge in [0, 0.05) is 11.6 Å². The normalized spacial score (nSPS) is 9.22. The van der Waals surface area contributed by atoms with Crippen molar-refractivity contribution in [1.29, 1.82) is 10.5 Å². The molecule has 0 saturated heterocycles. The van der Waals surface area contributed by atoms with Crippen molar-refractivity contribution in [2.45, 2.75) is 0 Å². The van der Waals surface area contributed by atoms with Gasteiger partial charge in [0.1, 0.15) is 16.0 Å². The molecule has 0 amide bonds. The molecule has 86 valence electrons. The molecule has 0 aliphatic heterocycles. The van der Waals surface area contributed by atoms with E-state index in [1.54, 1.807) is 12.1 Å². The van der Waals surface area contributed by atoms with Crippen molar-refractivity contribution < 1.29 is 4.79 Å². The Hall–Kier alpha value is -2.21. The van der Waals surface area contributed by atoms with Crippen LogP contribution in [-0.4, -0.2) is 5.78 Å². The summed E-state index contributed by atoms with van der Waals surface area (Å²) in [7, 11) is 0. The van der Waals surface area contributed by atoms with Crippen LogP contribution in [0.4, 0.5) is 0 Å². The highest BCUT2D eigenvalue weighted by Gasteiger charge is 2.04. The summed E-state index contributed by atoms with van der Waals surface area (Å²) in [6.45, 7) is 0. The summed E-state index contributed by atoms with van der Waals surface area (Å²) in [4.78, 5) is 11.8. The lowest BCUT2D eigenvalue weighted by atomic mass is 10.1. The smallest absolute Gasteiger partial charge is 0.188 e. The van der Waals surface area contributed by atoms with Crippen LogP contribution in [-0.2, 0) is 0 Å². The van der Waals surface area contributed by atoms with Crippen LogP contribution in [0, 0.1) is 22.7 Å². The van der Waals surface area contributed by atoms with Crippen molar-refractivity contribution in [1.82, 2.24) is 0 Å². The van der Waals surface area contributed by atoms with Crippen molar-refractivity contribution in [3.63, 3.8) is 0 Å². The molecule has 0 bridgehead atoms. The number of ketones is 1. The maximum atomic E-state index is 11.8. The molecule has 5 heteroatoms. The fraction of sp³-hybridized carbons (Fsp3) is 0. The molecule has 0 N–H and O–H groups in total. The minimum Gasteiger partial charge on any atom is -0.289 e. The van der Waals surface area contributed by atoms with E-state index in [0.29, 0.717) is 9.41 Å².